The summed E-state index contributed by atoms with van der Waals surface area (Å²) in [6.07, 6.45) is 3.52. The van der Waals surface area contributed by atoms with Gasteiger partial charge < -0.3 is 15.8 Å². The number of ether oxygens (including phenoxy) is 1. The lowest BCUT2D eigenvalue weighted by Gasteiger charge is -2.08. The number of nitrogens with two attached hydrogens (primary N) is 1. The van der Waals surface area contributed by atoms with Gasteiger partial charge in [-0.2, -0.15) is 0 Å². The first-order chi connectivity index (χ1) is 12.6. The van der Waals surface area contributed by atoms with Crippen LogP contribution in [0.4, 0.5) is 0 Å². The monoisotopic (exact) mass is 416 g/mol. The first kappa shape index (κ1) is 18.9. The summed E-state index contributed by atoms with van der Waals surface area (Å²) < 4.78 is 6.93. The first-order valence-electron chi connectivity index (χ1n) is 9.11. The molecule has 26 heavy (non-hydrogen) atoms. The Balaban J connectivity index is 1.39. The summed E-state index contributed by atoms with van der Waals surface area (Å²) in [5.74, 6) is 1.27. The van der Waals surface area contributed by atoms with Gasteiger partial charge in [0.25, 0.3) is 0 Å². The maximum atomic E-state index is 10.7. The molecule has 0 spiro atoms. The molecule has 0 bridgehead atoms. The molecule has 0 aromatic heterocycles. The van der Waals surface area contributed by atoms with Crippen molar-refractivity contribution >= 4 is 21.8 Å². The highest BCUT2D eigenvalue weighted by Crippen LogP contribution is 2.41. The fourth-order valence-corrected chi connectivity index (χ4v) is 3.55. The van der Waals surface area contributed by atoms with E-state index in [0.717, 1.165) is 35.2 Å². The van der Waals surface area contributed by atoms with Crippen molar-refractivity contribution in [3.8, 4) is 5.75 Å². The van der Waals surface area contributed by atoms with Crippen LogP contribution in [0.2, 0.25) is 0 Å². The van der Waals surface area contributed by atoms with Crippen molar-refractivity contribution in [3.63, 3.8) is 0 Å². The number of hydrogen-bond acceptors (Lipinski definition) is 3. The summed E-state index contributed by atoms with van der Waals surface area (Å²) >= 11 is 3.48. The number of hydrogen-bond donors (Lipinski definition) is 2. The molecule has 5 heteroatoms. The van der Waals surface area contributed by atoms with Gasteiger partial charge in [-0.25, -0.2) is 0 Å². The van der Waals surface area contributed by atoms with E-state index in [4.69, 9.17) is 10.5 Å². The molecule has 3 N–H and O–H groups in total. The molecule has 2 aromatic rings. The van der Waals surface area contributed by atoms with E-state index in [0.29, 0.717) is 25.0 Å². The number of primary amides is 1. The number of unbranched alkanes of at least 4 members (excludes halogenated alkanes) is 1. The fourth-order valence-electron chi connectivity index (χ4n) is 3.11. The quantitative estimate of drug-likeness (QED) is 0.572. The van der Waals surface area contributed by atoms with Crippen molar-refractivity contribution in [3.05, 3.63) is 64.1 Å². The van der Waals surface area contributed by atoms with Gasteiger partial charge in [0.2, 0.25) is 5.91 Å². The summed E-state index contributed by atoms with van der Waals surface area (Å²) in [6, 6.07) is 17.1. The highest BCUT2D eigenvalue weighted by Gasteiger charge is 2.37. The van der Waals surface area contributed by atoms with Gasteiger partial charge >= 0.3 is 0 Å². The Morgan fingerprint density at radius 1 is 1.19 bits per heavy atom. The van der Waals surface area contributed by atoms with E-state index in [2.05, 4.69) is 57.6 Å². The van der Waals surface area contributed by atoms with Gasteiger partial charge in [0, 0.05) is 22.9 Å². The molecule has 0 unspecified atom stereocenters. The Morgan fingerprint density at radius 2 is 2.00 bits per heavy atom. The summed E-state index contributed by atoms with van der Waals surface area (Å²) in [5.41, 5.74) is 7.65. The Hall–Kier alpha value is -1.85. The van der Waals surface area contributed by atoms with Crippen molar-refractivity contribution in [2.24, 2.45) is 5.73 Å². The van der Waals surface area contributed by atoms with E-state index >= 15 is 0 Å². The Labute approximate surface area is 163 Å². The molecule has 1 fully saturated rings. The van der Waals surface area contributed by atoms with Crippen LogP contribution < -0.4 is 15.8 Å². The van der Waals surface area contributed by atoms with E-state index < -0.39 is 0 Å². The summed E-state index contributed by atoms with van der Waals surface area (Å²) in [4.78, 5) is 10.7. The van der Waals surface area contributed by atoms with E-state index in [-0.39, 0.29) is 5.91 Å². The lowest BCUT2D eigenvalue weighted by molar-refractivity contribution is -0.118. The minimum atomic E-state index is -0.212. The molecule has 4 nitrogen and oxygen atoms in total. The smallest absolute Gasteiger partial charge is 0.217 e. The van der Waals surface area contributed by atoms with E-state index in [1.807, 2.05) is 12.1 Å². The van der Waals surface area contributed by atoms with E-state index in [9.17, 15) is 4.79 Å². The first-order valence-corrected chi connectivity index (χ1v) is 9.90. The molecule has 1 amide bonds. The zero-order chi connectivity index (χ0) is 18.4. The number of benzene rings is 2. The van der Waals surface area contributed by atoms with Crippen molar-refractivity contribution in [2.75, 3.05) is 6.54 Å². The second-order valence-corrected chi connectivity index (χ2v) is 7.73. The molecule has 0 aliphatic heterocycles. The van der Waals surface area contributed by atoms with Crippen molar-refractivity contribution in [2.45, 2.75) is 44.2 Å². The molecule has 0 heterocycles. The Morgan fingerprint density at radius 3 is 2.73 bits per heavy atom. The lowest BCUT2D eigenvalue weighted by atomic mass is 10.1. The predicted octanol–water partition coefficient (Wildman–Crippen LogP) is 4.13. The summed E-state index contributed by atoms with van der Waals surface area (Å²) in [5, 5.41) is 3.56. The van der Waals surface area contributed by atoms with E-state index in [1.165, 1.54) is 12.0 Å². The molecule has 2 atom stereocenters. The normalized spacial score (nSPS) is 18.5. The molecule has 0 radical (unpaired) electrons. The van der Waals surface area contributed by atoms with Crippen LogP contribution in [-0.4, -0.2) is 18.5 Å². The largest absolute Gasteiger partial charge is 0.489 e. The van der Waals surface area contributed by atoms with Gasteiger partial charge in [-0.15, -0.1) is 0 Å². The van der Waals surface area contributed by atoms with E-state index in [1.54, 1.807) is 0 Å². The van der Waals surface area contributed by atoms with Crippen molar-refractivity contribution < 1.29 is 9.53 Å². The predicted molar refractivity (Wildman–Crippen MR) is 107 cm³/mol. The second kappa shape index (κ2) is 9.19. The highest BCUT2D eigenvalue weighted by atomic mass is 79.9. The van der Waals surface area contributed by atoms with Gasteiger partial charge in [0.15, 0.2) is 0 Å². The van der Waals surface area contributed by atoms with Gasteiger partial charge in [-0.3, -0.25) is 4.79 Å². The van der Waals surface area contributed by atoms with Gasteiger partial charge in [-0.05, 0) is 61.2 Å². The zero-order valence-corrected chi connectivity index (χ0v) is 16.4. The van der Waals surface area contributed by atoms with Crippen LogP contribution in [0, 0.1) is 0 Å². The fraction of sp³-hybridized carbons (Fsp3) is 0.381. The zero-order valence-electron chi connectivity index (χ0n) is 14.8. The van der Waals surface area contributed by atoms with Crippen LogP contribution >= 0.6 is 15.9 Å². The molecule has 138 valence electrons. The molecule has 1 aliphatic rings. The van der Waals surface area contributed by atoms with Crippen LogP contribution in [0.5, 0.6) is 5.75 Å². The van der Waals surface area contributed by atoms with Crippen LogP contribution in [0.15, 0.2) is 53.0 Å². The standard InChI is InChI=1S/C21H25BrN2O2/c22-17-5-3-4-15(12-17)14-26-18-9-7-16(8-10-18)19-13-20(19)24-11-2-1-6-21(23)25/h3-5,7-10,12,19-20,24H,1-2,6,11,13-14H2,(H2,23,25)/t19-,20+/m0/s1. The maximum absolute atomic E-state index is 10.7. The Kier molecular flexibility index (Phi) is 6.69. The number of nitrogens with one attached hydrogen (secondary N) is 1. The Bertz CT molecular complexity index is 733. The number of rotatable bonds is 10. The van der Waals surface area contributed by atoms with Crippen molar-refractivity contribution in [1.82, 2.24) is 5.32 Å². The molecule has 1 saturated carbocycles. The minimum absolute atomic E-state index is 0.212. The molecule has 0 saturated heterocycles. The third-order valence-corrected chi connectivity index (χ3v) is 5.14. The van der Waals surface area contributed by atoms with Crippen LogP contribution in [0.1, 0.15) is 42.7 Å². The van der Waals surface area contributed by atoms with Crippen LogP contribution in [0.25, 0.3) is 0 Å². The number of halogens is 1. The second-order valence-electron chi connectivity index (χ2n) is 6.81. The average Bonchev–Trinajstić information content (AvgIpc) is 3.39. The molecule has 1 aliphatic carbocycles. The summed E-state index contributed by atoms with van der Waals surface area (Å²) in [6.45, 7) is 1.51. The molecular weight excluding hydrogens is 392 g/mol. The highest BCUT2D eigenvalue weighted by molar-refractivity contribution is 9.10. The van der Waals surface area contributed by atoms with Crippen LogP contribution in [0.3, 0.4) is 0 Å². The van der Waals surface area contributed by atoms with Gasteiger partial charge in [0.05, 0.1) is 0 Å². The molecule has 2 aromatic carbocycles. The number of carbonyl (C=O) groups is 1. The average molecular weight is 417 g/mol. The van der Waals surface area contributed by atoms with Gasteiger partial charge in [-0.1, -0.05) is 40.2 Å². The maximum Gasteiger partial charge on any atom is 0.217 e. The van der Waals surface area contributed by atoms with Crippen molar-refractivity contribution in [1.29, 1.82) is 0 Å². The minimum Gasteiger partial charge on any atom is -0.489 e. The number of carbonyl (C=O) groups excluding carboxylic acids is 1. The van der Waals surface area contributed by atoms with Gasteiger partial charge in [0.1, 0.15) is 12.4 Å². The SMILES string of the molecule is NC(=O)CCCCN[C@@H]1C[C@H]1c1ccc(OCc2cccc(Br)c2)cc1. The van der Waals surface area contributed by atoms with Crippen LogP contribution in [-0.2, 0) is 11.4 Å². The third-order valence-electron chi connectivity index (χ3n) is 4.65. The molecule has 3 rings (SSSR count). The molecular formula is C21H25BrN2O2. The lowest BCUT2D eigenvalue weighted by Crippen LogP contribution is -2.19. The third kappa shape index (κ3) is 5.85. The topological polar surface area (TPSA) is 64.4 Å². The number of amides is 1. The summed E-state index contributed by atoms with van der Waals surface area (Å²) in [7, 11) is 0.